The van der Waals surface area contributed by atoms with Crippen LogP contribution in [-0.4, -0.2) is 40.5 Å². The van der Waals surface area contributed by atoms with Crippen molar-refractivity contribution in [3.05, 3.63) is 83.0 Å². The van der Waals surface area contributed by atoms with Gasteiger partial charge >= 0.3 is 0 Å². The molecule has 1 amide bonds. The van der Waals surface area contributed by atoms with E-state index in [1.165, 1.54) is 0 Å². The van der Waals surface area contributed by atoms with Crippen LogP contribution in [0.4, 0.5) is 0 Å². The van der Waals surface area contributed by atoms with Gasteiger partial charge in [0.25, 0.3) is 5.91 Å². The lowest BCUT2D eigenvalue weighted by molar-refractivity contribution is 0.0788. The van der Waals surface area contributed by atoms with Gasteiger partial charge in [0.05, 0.1) is 11.1 Å². The van der Waals surface area contributed by atoms with Gasteiger partial charge < -0.3 is 15.7 Å². The lowest BCUT2D eigenvalue weighted by atomic mass is 9.93. The van der Waals surface area contributed by atoms with Crippen molar-refractivity contribution in [2.24, 2.45) is 5.73 Å². The summed E-state index contributed by atoms with van der Waals surface area (Å²) in [6.45, 7) is 4.42. The largest absolute Gasteiger partial charge is 0.508 e. The molecule has 0 unspecified atom stereocenters. The van der Waals surface area contributed by atoms with Gasteiger partial charge in [-0.15, -0.1) is 0 Å². The highest BCUT2D eigenvalue weighted by Gasteiger charge is 2.23. The number of carbonyl (C=O) groups is 1. The molecule has 0 saturated heterocycles. The number of phenols is 1. The van der Waals surface area contributed by atoms with Gasteiger partial charge in [-0.3, -0.25) is 9.78 Å². The maximum absolute atomic E-state index is 13.8. The van der Waals surface area contributed by atoms with Crippen molar-refractivity contribution in [2.75, 3.05) is 13.6 Å². The van der Waals surface area contributed by atoms with Gasteiger partial charge in [0.1, 0.15) is 5.75 Å². The number of aromatic nitrogens is 1. The molecule has 0 spiro atoms. The molecule has 0 aliphatic carbocycles. The molecule has 0 aliphatic heterocycles. The number of pyridine rings is 1. The van der Waals surface area contributed by atoms with Crippen LogP contribution in [0.25, 0.3) is 33.2 Å². The zero-order valence-corrected chi connectivity index (χ0v) is 20.3. The van der Waals surface area contributed by atoms with Gasteiger partial charge in [-0.2, -0.15) is 0 Å². The smallest absolute Gasteiger partial charge is 0.255 e. The molecular weight excluding hydrogens is 446 g/mol. The van der Waals surface area contributed by atoms with Gasteiger partial charge in [0.2, 0.25) is 0 Å². The highest BCUT2D eigenvalue weighted by Crippen LogP contribution is 2.34. The number of rotatable bonds is 6. The van der Waals surface area contributed by atoms with Crippen molar-refractivity contribution in [3.63, 3.8) is 0 Å². The summed E-state index contributed by atoms with van der Waals surface area (Å²) in [6, 6.07) is 18.5. The molecule has 0 radical (unpaired) electrons. The van der Waals surface area contributed by atoms with Crippen LogP contribution in [0.15, 0.2) is 66.9 Å². The quantitative estimate of drug-likeness (QED) is 0.357. The summed E-state index contributed by atoms with van der Waals surface area (Å²) >= 11 is 6.36. The lowest BCUT2D eigenvalue weighted by Gasteiger charge is -2.23. The number of halogens is 1. The predicted molar refractivity (Wildman–Crippen MR) is 139 cm³/mol. The molecule has 4 aromatic rings. The fourth-order valence-electron chi connectivity index (χ4n) is 4.15. The molecule has 0 bridgehead atoms. The summed E-state index contributed by atoms with van der Waals surface area (Å²) in [4.78, 5) is 20.2. The number of phenolic OH excluding ortho intramolecular Hbond substituents is 1. The van der Waals surface area contributed by atoms with Crippen LogP contribution in [0, 0.1) is 6.92 Å². The molecule has 1 atom stereocenters. The van der Waals surface area contributed by atoms with Crippen LogP contribution < -0.4 is 5.73 Å². The highest BCUT2D eigenvalue weighted by molar-refractivity contribution is 6.31. The lowest BCUT2D eigenvalue weighted by Crippen LogP contribution is -2.38. The molecule has 34 heavy (non-hydrogen) atoms. The van der Waals surface area contributed by atoms with E-state index in [2.05, 4.69) is 4.98 Å². The minimum Gasteiger partial charge on any atom is -0.508 e. The number of hydrogen-bond donors (Lipinski definition) is 2. The number of nitrogens with two attached hydrogens (primary N) is 1. The van der Waals surface area contributed by atoms with Crippen molar-refractivity contribution >= 4 is 28.4 Å². The van der Waals surface area contributed by atoms with E-state index in [0.29, 0.717) is 28.2 Å². The molecule has 6 heteroatoms. The molecule has 0 saturated carbocycles. The second kappa shape index (κ2) is 9.84. The van der Waals surface area contributed by atoms with E-state index in [0.717, 1.165) is 34.1 Å². The number of hydrogen-bond acceptors (Lipinski definition) is 4. The summed E-state index contributed by atoms with van der Waals surface area (Å²) < 4.78 is 0. The molecular formula is C28H28ClN3O2. The Bertz CT molecular complexity index is 1350. The molecule has 3 aromatic carbocycles. The third-order valence-electron chi connectivity index (χ3n) is 5.99. The van der Waals surface area contributed by atoms with Crippen molar-refractivity contribution in [2.45, 2.75) is 26.3 Å². The molecule has 1 heterocycles. The Labute approximate surface area is 204 Å². The van der Waals surface area contributed by atoms with Crippen molar-refractivity contribution in [1.82, 2.24) is 9.88 Å². The van der Waals surface area contributed by atoms with Gasteiger partial charge in [-0.25, -0.2) is 0 Å². The Hall–Kier alpha value is -3.41. The Kier molecular flexibility index (Phi) is 6.87. The highest BCUT2D eigenvalue weighted by atomic mass is 35.5. The molecule has 5 nitrogen and oxygen atoms in total. The van der Waals surface area contributed by atoms with Gasteiger partial charge in [0.15, 0.2) is 0 Å². The zero-order chi connectivity index (χ0) is 24.4. The number of aryl methyl sites for hydroxylation is 1. The van der Waals surface area contributed by atoms with Gasteiger partial charge in [-0.1, -0.05) is 42.8 Å². The number of nitrogens with zero attached hydrogens (tertiary/aromatic N) is 2. The third kappa shape index (κ3) is 4.91. The summed E-state index contributed by atoms with van der Waals surface area (Å²) in [7, 11) is 1.77. The molecule has 0 aliphatic rings. The van der Waals surface area contributed by atoms with Crippen LogP contribution in [0.1, 0.15) is 29.3 Å². The average molecular weight is 474 g/mol. The fourth-order valence-corrected chi connectivity index (χ4v) is 4.44. The standard InChI is InChI=1S/C28H28ClN3O2/c1-4-22(30)16-32(3)28(34)27-24-14-19(18-6-5-7-23(33)13-18)8-9-26(24)31-15-25(27)20-10-17(2)11-21(29)12-20/h5-15,22,33H,4,16,30H2,1-3H3/t22-/m0/s1. The van der Waals surface area contributed by atoms with E-state index in [1.807, 2.05) is 56.3 Å². The minimum absolute atomic E-state index is 0.109. The molecule has 4 rings (SSSR count). The minimum atomic E-state index is -0.128. The third-order valence-corrected chi connectivity index (χ3v) is 6.21. The summed E-state index contributed by atoms with van der Waals surface area (Å²) in [5.41, 5.74) is 11.7. The van der Waals surface area contributed by atoms with Crippen molar-refractivity contribution in [1.29, 1.82) is 0 Å². The van der Waals surface area contributed by atoms with Crippen LogP contribution in [0.5, 0.6) is 5.75 Å². The number of benzene rings is 3. The zero-order valence-electron chi connectivity index (χ0n) is 19.5. The Morgan fingerprint density at radius 1 is 1.09 bits per heavy atom. The summed E-state index contributed by atoms with van der Waals surface area (Å²) in [6.07, 6.45) is 2.51. The molecule has 1 aromatic heterocycles. The SMILES string of the molecule is CC[C@H](N)CN(C)C(=O)c1c(-c2cc(C)cc(Cl)c2)cnc2ccc(-c3cccc(O)c3)cc12. The number of amides is 1. The first-order valence-electron chi connectivity index (χ1n) is 11.3. The monoisotopic (exact) mass is 473 g/mol. The summed E-state index contributed by atoms with van der Waals surface area (Å²) in [5.74, 6) is 0.0560. The Morgan fingerprint density at radius 3 is 2.56 bits per heavy atom. The van der Waals surface area contributed by atoms with E-state index in [4.69, 9.17) is 17.3 Å². The van der Waals surface area contributed by atoms with Crippen LogP contribution >= 0.6 is 11.6 Å². The van der Waals surface area contributed by atoms with E-state index in [-0.39, 0.29) is 17.7 Å². The van der Waals surface area contributed by atoms with Crippen LogP contribution in [-0.2, 0) is 0 Å². The van der Waals surface area contributed by atoms with Crippen LogP contribution in [0.3, 0.4) is 0 Å². The molecule has 3 N–H and O–H groups in total. The van der Waals surface area contributed by atoms with Crippen LogP contribution in [0.2, 0.25) is 5.02 Å². The number of likely N-dealkylation sites (N-methyl/N-ethyl adjacent to an activating group) is 1. The van der Waals surface area contributed by atoms with Gasteiger partial charge in [0, 0.05) is 41.8 Å². The molecule has 0 fully saturated rings. The first-order chi connectivity index (χ1) is 16.3. The first-order valence-corrected chi connectivity index (χ1v) is 11.7. The van der Waals surface area contributed by atoms with Crippen molar-refractivity contribution in [3.8, 4) is 28.0 Å². The topological polar surface area (TPSA) is 79.5 Å². The van der Waals surface area contributed by atoms with Gasteiger partial charge in [-0.05, 0) is 72.0 Å². The summed E-state index contributed by atoms with van der Waals surface area (Å²) in [5, 5.41) is 11.3. The maximum Gasteiger partial charge on any atom is 0.255 e. The van der Waals surface area contributed by atoms with E-state index < -0.39 is 0 Å². The Balaban J connectivity index is 1.96. The molecule has 174 valence electrons. The first kappa shape index (κ1) is 23.7. The Morgan fingerprint density at radius 2 is 1.85 bits per heavy atom. The predicted octanol–water partition coefficient (Wildman–Crippen LogP) is 6.05. The van der Waals surface area contributed by atoms with Crippen molar-refractivity contribution < 1.29 is 9.90 Å². The average Bonchev–Trinajstić information content (AvgIpc) is 2.81. The second-order valence-electron chi connectivity index (χ2n) is 8.70. The number of carbonyl (C=O) groups excluding carboxylic acids is 1. The number of aromatic hydroxyl groups is 1. The normalized spacial score (nSPS) is 12.0. The van der Waals surface area contributed by atoms with E-state index in [9.17, 15) is 9.90 Å². The van der Waals surface area contributed by atoms with E-state index in [1.54, 1.807) is 36.3 Å². The maximum atomic E-state index is 13.8. The van der Waals surface area contributed by atoms with E-state index >= 15 is 0 Å². The second-order valence-corrected chi connectivity index (χ2v) is 9.14. The fraction of sp³-hybridized carbons (Fsp3) is 0.214. The number of fused-ring (bicyclic) bond motifs is 1.